The quantitative estimate of drug-likeness (QED) is 0.660. The normalized spacial score (nSPS) is 16.8. The van der Waals surface area contributed by atoms with Crippen molar-refractivity contribution in [3.63, 3.8) is 0 Å². The summed E-state index contributed by atoms with van der Waals surface area (Å²) in [6.45, 7) is 5.91. The van der Waals surface area contributed by atoms with Crippen LogP contribution in [0, 0.1) is 5.92 Å². The fourth-order valence-corrected chi connectivity index (χ4v) is 4.01. The maximum absolute atomic E-state index is 12.7. The lowest BCUT2D eigenvalue weighted by Gasteiger charge is -2.23. The molecule has 1 aliphatic rings. The highest BCUT2D eigenvalue weighted by Crippen LogP contribution is 2.32. The molecule has 2 aromatic rings. The smallest absolute Gasteiger partial charge is 0.311 e. The van der Waals surface area contributed by atoms with E-state index in [0.717, 1.165) is 35.2 Å². The monoisotopic (exact) mass is 422 g/mol. The van der Waals surface area contributed by atoms with Gasteiger partial charge in [-0.05, 0) is 36.5 Å². The van der Waals surface area contributed by atoms with Crippen LogP contribution in [0.15, 0.2) is 48.5 Å². The second-order valence-electron chi connectivity index (χ2n) is 7.84. The van der Waals surface area contributed by atoms with Crippen molar-refractivity contribution in [1.29, 1.82) is 0 Å². The molecule has 0 bridgehead atoms. The molecule has 0 aliphatic carbocycles. The zero-order chi connectivity index (χ0) is 22.4. The van der Waals surface area contributed by atoms with Crippen molar-refractivity contribution in [2.24, 2.45) is 5.92 Å². The van der Waals surface area contributed by atoms with Crippen LogP contribution in [-0.2, 0) is 32.0 Å². The van der Waals surface area contributed by atoms with Crippen LogP contribution in [0.5, 0.6) is 0 Å². The van der Waals surface area contributed by atoms with Gasteiger partial charge in [0.1, 0.15) is 0 Å². The Hall–Kier alpha value is -3.15. The summed E-state index contributed by atoms with van der Waals surface area (Å²) in [5, 5.41) is 2.82. The van der Waals surface area contributed by atoms with Gasteiger partial charge in [-0.2, -0.15) is 0 Å². The maximum atomic E-state index is 12.7. The van der Waals surface area contributed by atoms with Crippen molar-refractivity contribution < 1.29 is 19.1 Å². The molecule has 0 radical (unpaired) electrons. The summed E-state index contributed by atoms with van der Waals surface area (Å²) in [5.74, 6) is -1.53. The lowest BCUT2D eigenvalue weighted by molar-refractivity contribution is -0.152. The van der Waals surface area contributed by atoms with Crippen LogP contribution >= 0.6 is 0 Å². The predicted molar refractivity (Wildman–Crippen MR) is 120 cm³/mol. The molecule has 2 atom stereocenters. The Labute approximate surface area is 183 Å². The molecule has 2 aromatic carbocycles. The molecule has 0 saturated carbocycles. The fourth-order valence-electron chi connectivity index (χ4n) is 4.01. The number of anilines is 1. The molecular weight excluding hydrogens is 392 g/mol. The van der Waals surface area contributed by atoms with Crippen LogP contribution in [0.3, 0.4) is 0 Å². The second-order valence-corrected chi connectivity index (χ2v) is 7.84. The van der Waals surface area contributed by atoms with E-state index in [2.05, 4.69) is 19.2 Å². The molecule has 1 aliphatic heterocycles. The number of rotatable bonds is 8. The van der Waals surface area contributed by atoms with Gasteiger partial charge in [0, 0.05) is 18.7 Å². The summed E-state index contributed by atoms with van der Waals surface area (Å²) in [4.78, 5) is 39.2. The molecule has 2 amide bonds. The predicted octanol–water partition coefficient (Wildman–Crippen LogP) is 3.58. The van der Waals surface area contributed by atoms with Gasteiger partial charge in [-0.25, -0.2) is 0 Å². The number of amides is 2. The molecule has 31 heavy (non-hydrogen) atoms. The van der Waals surface area contributed by atoms with Crippen LogP contribution in [0.1, 0.15) is 49.9 Å². The third-order valence-electron chi connectivity index (χ3n) is 5.72. The molecule has 164 valence electrons. The highest BCUT2D eigenvalue weighted by Gasteiger charge is 2.37. The van der Waals surface area contributed by atoms with Gasteiger partial charge in [0.15, 0.2) is 6.61 Å². The lowest BCUT2D eigenvalue weighted by Crippen LogP contribution is -2.33. The number of carbonyl (C=O) groups excluding carboxylic acids is 3. The van der Waals surface area contributed by atoms with Crippen molar-refractivity contribution in [3.8, 4) is 0 Å². The second kappa shape index (κ2) is 10.2. The summed E-state index contributed by atoms with van der Waals surface area (Å²) in [6.07, 6.45) is 1.71. The number of hydrogen-bond donors (Lipinski definition) is 1. The Morgan fingerprint density at radius 1 is 1.06 bits per heavy atom. The Morgan fingerprint density at radius 3 is 2.32 bits per heavy atom. The first kappa shape index (κ1) is 22.5. The molecule has 0 aromatic heterocycles. The van der Waals surface area contributed by atoms with E-state index >= 15 is 0 Å². The van der Waals surface area contributed by atoms with Crippen molar-refractivity contribution in [3.05, 3.63) is 65.2 Å². The van der Waals surface area contributed by atoms with E-state index in [9.17, 15) is 14.4 Å². The number of ether oxygens (including phenoxy) is 1. The van der Waals surface area contributed by atoms with Crippen LogP contribution in [0.4, 0.5) is 5.69 Å². The third-order valence-corrected chi connectivity index (χ3v) is 5.72. The largest absolute Gasteiger partial charge is 0.455 e. The fraction of sp³-hybridized carbons (Fsp3) is 0.400. The third kappa shape index (κ3) is 5.32. The Balaban J connectivity index is 1.58. The average Bonchev–Trinajstić information content (AvgIpc) is 3.18. The van der Waals surface area contributed by atoms with Crippen molar-refractivity contribution >= 4 is 23.5 Å². The molecule has 6 nitrogen and oxygen atoms in total. The lowest BCUT2D eigenvalue weighted by atomic mass is 10.0. The molecule has 3 rings (SSSR count). The number of para-hydroxylation sites is 1. The number of esters is 1. The van der Waals surface area contributed by atoms with Crippen molar-refractivity contribution in [2.75, 3.05) is 18.1 Å². The molecule has 1 saturated heterocycles. The highest BCUT2D eigenvalue weighted by atomic mass is 16.5. The van der Waals surface area contributed by atoms with E-state index in [1.54, 1.807) is 4.90 Å². The molecule has 6 heteroatoms. The van der Waals surface area contributed by atoms with Crippen molar-refractivity contribution in [1.82, 2.24) is 5.32 Å². The van der Waals surface area contributed by atoms with Crippen LogP contribution < -0.4 is 10.2 Å². The van der Waals surface area contributed by atoms with E-state index in [-0.39, 0.29) is 37.4 Å². The van der Waals surface area contributed by atoms with Crippen molar-refractivity contribution in [2.45, 2.75) is 46.1 Å². The first-order chi connectivity index (χ1) is 14.9. The van der Waals surface area contributed by atoms with Crippen LogP contribution in [0.25, 0.3) is 0 Å². The van der Waals surface area contributed by atoms with Gasteiger partial charge in [0.2, 0.25) is 5.91 Å². The molecule has 1 fully saturated rings. The summed E-state index contributed by atoms with van der Waals surface area (Å²) in [7, 11) is 0. The van der Waals surface area contributed by atoms with Crippen LogP contribution in [-0.4, -0.2) is 30.9 Å². The number of aryl methyl sites for hydroxylation is 2. The van der Waals surface area contributed by atoms with Gasteiger partial charge in [0.05, 0.1) is 12.0 Å². The van der Waals surface area contributed by atoms with Gasteiger partial charge in [-0.1, -0.05) is 62.4 Å². The minimum atomic E-state index is -0.568. The highest BCUT2D eigenvalue weighted by molar-refractivity contribution is 6.00. The SMILES string of the molecule is CCc1cccc(CC)c1N1C[C@H](C(=O)OCC(=O)N[C@@H](C)c2ccccc2)CC1=O. The Morgan fingerprint density at radius 2 is 1.71 bits per heavy atom. The number of nitrogens with one attached hydrogen (secondary N) is 1. The van der Waals surface area contributed by atoms with Gasteiger partial charge >= 0.3 is 5.97 Å². The topological polar surface area (TPSA) is 75.7 Å². The number of nitrogens with zero attached hydrogens (tertiary/aromatic N) is 1. The Bertz CT molecular complexity index is 920. The van der Waals surface area contributed by atoms with E-state index in [4.69, 9.17) is 4.74 Å². The number of benzene rings is 2. The van der Waals surface area contributed by atoms with Gasteiger partial charge in [0.25, 0.3) is 5.91 Å². The summed E-state index contributed by atoms with van der Waals surface area (Å²) in [6, 6.07) is 15.4. The zero-order valence-electron chi connectivity index (χ0n) is 18.4. The molecule has 1 heterocycles. The van der Waals surface area contributed by atoms with E-state index in [1.165, 1.54) is 0 Å². The summed E-state index contributed by atoms with van der Waals surface area (Å²) in [5.41, 5.74) is 4.08. The number of hydrogen-bond acceptors (Lipinski definition) is 4. The minimum absolute atomic E-state index is 0.0836. The molecule has 1 N–H and O–H groups in total. The van der Waals surface area contributed by atoms with Gasteiger partial charge in [-0.15, -0.1) is 0 Å². The molecule has 0 unspecified atom stereocenters. The molecule has 0 spiro atoms. The summed E-state index contributed by atoms with van der Waals surface area (Å²) >= 11 is 0. The van der Waals surface area contributed by atoms with E-state index < -0.39 is 11.9 Å². The Kier molecular flexibility index (Phi) is 7.45. The maximum Gasteiger partial charge on any atom is 0.311 e. The van der Waals surface area contributed by atoms with E-state index in [0.29, 0.717) is 0 Å². The summed E-state index contributed by atoms with van der Waals surface area (Å²) < 4.78 is 5.24. The number of carbonyl (C=O) groups is 3. The van der Waals surface area contributed by atoms with Gasteiger partial charge < -0.3 is 15.0 Å². The minimum Gasteiger partial charge on any atom is -0.455 e. The van der Waals surface area contributed by atoms with Gasteiger partial charge in [-0.3, -0.25) is 14.4 Å². The van der Waals surface area contributed by atoms with Crippen LogP contribution in [0.2, 0.25) is 0 Å². The average molecular weight is 423 g/mol. The molecular formula is C25H30N2O4. The van der Waals surface area contributed by atoms with E-state index in [1.807, 2.05) is 55.5 Å². The standard InChI is InChI=1S/C25H30N2O4/c1-4-18-12-9-13-19(5-2)24(18)27-15-21(14-23(27)29)25(30)31-16-22(28)26-17(3)20-10-7-6-8-11-20/h6-13,17,21H,4-5,14-16H2,1-3H3,(H,26,28)/t17-,21+/m0/s1. The first-order valence-electron chi connectivity index (χ1n) is 10.9. The first-order valence-corrected chi connectivity index (χ1v) is 10.9. The zero-order valence-corrected chi connectivity index (χ0v) is 18.4.